The van der Waals surface area contributed by atoms with E-state index in [0.29, 0.717) is 26.2 Å². The van der Waals surface area contributed by atoms with Gasteiger partial charge in [0.1, 0.15) is 0 Å². The van der Waals surface area contributed by atoms with E-state index >= 15 is 0 Å². The van der Waals surface area contributed by atoms with Crippen molar-refractivity contribution in [3.8, 4) is 0 Å². The quantitative estimate of drug-likeness (QED) is 0.563. The zero-order valence-electron chi connectivity index (χ0n) is 12.3. The van der Waals surface area contributed by atoms with Crippen LogP contribution in [-0.2, 0) is 20.7 Å². The van der Waals surface area contributed by atoms with Crippen LogP contribution in [0.2, 0.25) is 0 Å². The van der Waals surface area contributed by atoms with Crippen molar-refractivity contribution in [3.05, 3.63) is 29.8 Å². The number of hydrogen-bond acceptors (Lipinski definition) is 4. The Bertz CT molecular complexity index is 428. The number of carbonyl (C=O) groups excluding carboxylic acids is 1. The highest BCUT2D eigenvalue weighted by Gasteiger charge is 2.15. The fraction of sp³-hybridized carbons (Fsp3) is 0.562. The van der Waals surface area contributed by atoms with E-state index in [1.165, 1.54) is 5.56 Å². The first-order valence-electron chi connectivity index (χ1n) is 7.54. The van der Waals surface area contributed by atoms with E-state index < -0.39 is 0 Å². The van der Waals surface area contributed by atoms with Crippen molar-refractivity contribution in [1.82, 2.24) is 5.32 Å². The predicted molar refractivity (Wildman–Crippen MR) is 82.0 cm³/mol. The maximum absolute atomic E-state index is 11.6. The number of hydrogen-bond donors (Lipinski definition) is 2. The molecule has 1 unspecified atom stereocenters. The van der Waals surface area contributed by atoms with Gasteiger partial charge in [0.15, 0.2) is 0 Å². The molecule has 21 heavy (non-hydrogen) atoms. The second-order valence-electron chi connectivity index (χ2n) is 5.30. The highest BCUT2D eigenvalue weighted by atomic mass is 16.5. The summed E-state index contributed by atoms with van der Waals surface area (Å²) in [6.45, 7) is 2.51. The van der Waals surface area contributed by atoms with Crippen molar-refractivity contribution in [2.45, 2.75) is 31.8 Å². The summed E-state index contributed by atoms with van der Waals surface area (Å²) >= 11 is 0. The largest absolute Gasteiger partial charge is 0.399 e. The maximum Gasteiger partial charge on any atom is 0.222 e. The molecule has 1 amide bonds. The molecule has 1 aliphatic heterocycles. The molecule has 5 heteroatoms. The van der Waals surface area contributed by atoms with Gasteiger partial charge in [-0.2, -0.15) is 0 Å². The van der Waals surface area contributed by atoms with E-state index in [2.05, 4.69) is 5.32 Å². The lowest BCUT2D eigenvalue weighted by Crippen LogP contribution is -2.27. The van der Waals surface area contributed by atoms with Gasteiger partial charge < -0.3 is 20.5 Å². The van der Waals surface area contributed by atoms with Crippen LogP contribution in [0.4, 0.5) is 5.69 Å². The molecular weight excluding hydrogens is 268 g/mol. The van der Waals surface area contributed by atoms with E-state index in [9.17, 15) is 4.79 Å². The molecule has 5 nitrogen and oxygen atoms in total. The van der Waals surface area contributed by atoms with Gasteiger partial charge in [-0.25, -0.2) is 0 Å². The molecule has 0 aliphatic carbocycles. The molecule has 0 saturated carbocycles. The lowest BCUT2D eigenvalue weighted by atomic mass is 10.1. The second kappa shape index (κ2) is 8.64. The third-order valence-electron chi connectivity index (χ3n) is 3.52. The smallest absolute Gasteiger partial charge is 0.222 e. The Hall–Kier alpha value is -1.59. The summed E-state index contributed by atoms with van der Waals surface area (Å²) in [6.07, 6.45) is 3.60. The van der Waals surface area contributed by atoms with Crippen molar-refractivity contribution in [2.24, 2.45) is 0 Å². The van der Waals surface area contributed by atoms with E-state index in [-0.39, 0.29) is 12.0 Å². The number of nitrogens with two attached hydrogens (primary N) is 1. The number of ether oxygens (including phenoxy) is 2. The number of rotatable bonds is 8. The molecular formula is C16H24N2O3. The Morgan fingerprint density at radius 1 is 1.38 bits per heavy atom. The molecule has 1 fully saturated rings. The van der Waals surface area contributed by atoms with Gasteiger partial charge in [0.2, 0.25) is 5.91 Å². The van der Waals surface area contributed by atoms with Gasteiger partial charge in [-0.05, 0) is 37.0 Å². The van der Waals surface area contributed by atoms with Crippen LogP contribution in [0.3, 0.4) is 0 Å². The van der Waals surface area contributed by atoms with E-state index in [4.69, 9.17) is 15.2 Å². The van der Waals surface area contributed by atoms with Crippen LogP contribution in [-0.4, -0.2) is 38.4 Å². The normalized spacial score (nSPS) is 17.8. The van der Waals surface area contributed by atoms with Gasteiger partial charge in [0, 0.05) is 25.3 Å². The van der Waals surface area contributed by atoms with Crippen LogP contribution < -0.4 is 11.1 Å². The number of benzene rings is 1. The standard InChI is InChI=1S/C16H24N2O3/c17-14-5-3-13(4-6-14)7-9-18-16(19)8-11-20-12-15-2-1-10-21-15/h3-6,15H,1-2,7-12,17H2,(H,18,19). The first kappa shape index (κ1) is 15.8. The lowest BCUT2D eigenvalue weighted by molar-refractivity contribution is -0.122. The van der Waals surface area contributed by atoms with Crippen molar-refractivity contribution >= 4 is 11.6 Å². The van der Waals surface area contributed by atoms with E-state index in [1.54, 1.807) is 0 Å². The number of anilines is 1. The van der Waals surface area contributed by atoms with Crippen LogP contribution in [0.15, 0.2) is 24.3 Å². The van der Waals surface area contributed by atoms with Gasteiger partial charge in [-0.3, -0.25) is 4.79 Å². The van der Waals surface area contributed by atoms with E-state index in [1.807, 2.05) is 24.3 Å². The zero-order chi connectivity index (χ0) is 14.9. The average molecular weight is 292 g/mol. The molecule has 1 aromatic rings. The minimum atomic E-state index is 0.0257. The summed E-state index contributed by atoms with van der Waals surface area (Å²) < 4.78 is 10.9. The summed E-state index contributed by atoms with van der Waals surface area (Å²) in [5.74, 6) is 0.0257. The average Bonchev–Trinajstić information content (AvgIpc) is 2.99. The zero-order valence-corrected chi connectivity index (χ0v) is 12.3. The summed E-state index contributed by atoms with van der Waals surface area (Å²) in [7, 11) is 0. The maximum atomic E-state index is 11.6. The summed E-state index contributed by atoms with van der Waals surface area (Å²) in [6, 6.07) is 7.70. The number of amides is 1. The second-order valence-corrected chi connectivity index (χ2v) is 5.30. The summed E-state index contributed by atoms with van der Waals surface area (Å²) in [5, 5.41) is 2.89. The molecule has 1 saturated heterocycles. The van der Waals surface area contributed by atoms with Crippen molar-refractivity contribution in [2.75, 3.05) is 32.1 Å². The van der Waals surface area contributed by atoms with Crippen LogP contribution in [0, 0.1) is 0 Å². The van der Waals surface area contributed by atoms with Gasteiger partial charge in [-0.15, -0.1) is 0 Å². The van der Waals surface area contributed by atoms with Gasteiger partial charge >= 0.3 is 0 Å². The molecule has 0 spiro atoms. The van der Waals surface area contributed by atoms with Crippen molar-refractivity contribution in [1.29, 1.82) is 0 Å². The van der Waals surface area contributed by atoms with Crippen LogP contribution >= 0.6 is 0 Å². The molecule has 1 aliphatic rings. The first-order valence-corrected chi connectivity index (χ1v) is 7.54. The molecule has 0 aromatic heterocycles. The number of nitrogens with one attached hydrogen (secondary N) is 1. The third-order valence-corrected chi connectivity index (χ3v) is 3.52. The Morgan fingerprint density at radius 3 is 2.90 bits per heavy atom. The SMILES string of the molecule is Nc1ccc(CCNC(=O)CCOCC2CCCO2)cc1. The monoisotopic (exact) mass is 292 g/mol. The molecule has 1 aromatic carbocycles. The molecule has 0 radical (unpaired) electrons. The Balaban J connectivity index is 1.50. The minimum Gasteiger partial charge on any atom is -0.399 e. The Morgan fingerprint density at radius 2 is 2.19 bits per heavy atom. The molecule has 116 valence electrons. The highest BCUT2D eigenvalue weighted by Crippen LogP contribution is 2.11. The molecule has 1 atom stereocenters. The summed E-state index contributed by atoms with van der Waals surface area (Å²) in [4.78, 5) is 11.6. The van der Waals surface area contributed by atoms with E-state index in [0.717, 1.165) is 31.6 Å². The third kappa shape index (κ3) is 6.14. The Kier molecular flexibility index (Phi) is 6.50. The predicted octanol–water partition coefficient (Wildman–Crippen LogP) is 1.51. The number of nitrogen functional groups attached to an aromatic ring is 1. The molecule has 2 rings (SSSR count). The lowest BCUT2D eigenvalue weighted by Gasteiger charge is -2.10. The van der Waals surface area contributed by atoms with Crippen molar-refractivity contribution < 1.29 is 14.3 Å². The molecule has 1 heterocycles. The summed E-state index contributed by atoms with van der Waals surface area (Å²) in [5.41, 5.74) is 7.55. The van der Waals surface area contributed by atoms with Gasteiger partial charge in [0.25, 0.3) is 0 Å². The Labute approximate surface area is 125 Å². The van der Waals surface area contributed by atoms with Gasteiger partial charge in [-0.1, -0.05) is 12.1 Å². The first-order chi connectivity index (χ1) is 10.2. The molecule has 0 bridgehead atoms. The van der Waals surface area contributed by atoms with Crippen LogP contribution in [0.25, 0.3) is 0 Å². The highest BCUT2D eigenvalue weighted by molar-refractivity contribution is 5.75. The van der Waals surface area contributed by atoms with Crippen LogP contribution in [0.1, 0.15) is 24.8 Å². The topological polar surface area (TPSA) is 73.6 Å². The van der Waals surface area contributed by atoms with Crippen LogP contribution in [0.5, 0.6) is 0 Å². The van der Waals surface area contributed by atoms with Crippen molar-refractivity contribution in [3.63, 3.8) is 0 Å². The van der Waals surface area contributed by atoms with Gasteiger partial charge in [0.05, 0.1) is 19.3 Å². The molecule has 3 N–H and O–H groups in total. The minimum absolute atomic E-state index is 0.0257. The number of carbonyl (C=O) groups is 1. The fourth-order valence-corrected chi connectivity index (χ4v) is 2.27. The fourth-order valence-electron chi connectivity index (χ4n) is 2.27.